The summed E-state index contributed by atoms with van der Waals surface area (Å²) >= 11 is 0. The van der Waals surface area contributed by atoms with E-state index in [0.29, 0.717) is 13.0 Å². The maximum Gasteiger partial charge on any atom is 0.223 e. The highest BCUT2D eigenvalue weighted by Gasteiger charge is 2.22. The molecule has 0 aromatic carbocycles. The fourth-order valence-corrected chi connectivity index (χ4v) is 2.76. The molecule has 2 N–H and O–H groups in total. The minimum absolute atomic E-state index is 0.199. The van der Waals surface area contributed by atoms with E-state index in [1.165, 1.54) is 0 Å². The molecule has 106 valence electrons. The SMILES string of the molecule is Cc1n[nH]c(C)c1CCC(=O)N1CCc2nc[nH]c2C1. The molecule has 1 aliphatic rings. The molecule has 6 nitrogen and oxygen atoms in total. The van der Waals surface area contributed by atoms with Gasteiger partial charge in [-0.1, -0.05) is 0 Å². The van der Waals surface area contributed by atoms with Crippen molar-refractivity contribution in [1.82, 2.24) is 25.1 Å². The van der Waals surface area contributed by atoms with Gasteiger partial charge in [0, 0.05) is 25.1 Å². The van der Waals surface area contributed by atoms with Gasteiger partial charge in [-0.05, 0) is 25.8 Å². The first-order chi connectivity index (χ1) is 9.65. The predicted octanol–water partition coefficient (Wildman–Crippen LogP) is 1.27. The molecule has 0 unspecified atom stereocenters. The standard InChI is InChI=1S/C14H19N5O/c1-9-11(10(2)18-17-9)3-4-14(20)19-6-5-12-13(7-19)16-8-15-12/h8H,3-7H2,1-2H3,(H,15,16)(H,17,18). The third kappa shape index (κ3) is 2.33. The highest BCUT2D eigenvalue weighted by Crippen LogP contribution is 2.17. The smallest absolute Gasteiger partial charge is 0.223 e. The van der Waals surface area contributed by atoms with E-state index in [-0.39, 0.29) is 5.91 Å². The van der Waals surface area contributed by atoms with Crippen LogP contribution in [0.1, 0.15) is 34.8 Å². The van der Waals surface area contributed by atoms with E-state index in [0.717, 1.165) is 47.7 Å². The third-order valence-electron chi connectivity index (χ3n) is 4.00. The lowest BCUT2D eigenvalue weighted by Crippen LogP contribution is -2.36. The number of carbonyl (C=O) groups is 1. The number of H-pyrrole nitrogens is 2. The molecule has 2 aromatic heterocycles. The fraction of sp³-hybridized carbons (Fsp3) is 0.500. The Morgan fingerprint density at radius 2 is 2.30 bits per heavy atom. The number of imidazole rings is 1. The van der Waals surface area contributed by atoms with Gasteiger partial charge in [-0.15, -0.1) is 0 Å². The van der Waals surface area contributed by atoms with Crippen LogP contribution in [0.5, 0.6) is 0 Å². The molecule has 1 amide bonds. The summed E-state index contributed by atoms with van der Waals surface area (Å²) < 4.78 is 0. The Balaban J connectivity index is 1.61. The summed E-state index contributed by atoms with van der Waals surface area (Å²) in [6, 6.07) is 0. The van der Waals surface area contributed by atoms with Crippen LogP contribution in [-0.2, 0) is 24.2 Å². The molecule has 1 aliphatic heterocycles. The van der Waals surface area contributed by atoms with Crippen molar-refractivity contribution in [3.05, 3.63) is 34.7 Å². The number of amides is 1. The van der Waals surface area contributed by atoms with Crippen LogP contribution in [0.2, 0.25) is 0 Å². The quantitative estimate of drug-likeness (QED) is 0.884. The first-order valence-electron chi connectivity index (χ1n) is 6.94. The number of fused-ring (bicyclic) bond motifs is 1. The molecule has 0 aliphatic carbocycles. The molecule has 2 aromatic rings. The van der Waals surface area contributed by atoms with Crippen molar-refractivity contribution < 1.29 is 4.79 Å². The van der Waals surface area contributed by atoms with E-state index in [4.69, 9.17) is 0 Å². The molecule has 0 bridgehead atoms. The first kappa shape index (κ1) is 12.9. The number of carbonyl (C=O) groups excluding carboxylic acids is 1. The Bertz CT molecular complexity index is 608. The maximum atomic E-state index is 12.3. The molecule has 3 rings (SSSR count). The second kappa shape index (κ2) is 5.11. The minimum Gasteiger partial charge on any atom is -0.347 e. The topological polar surface area (TPSA) is 77.7 Å². The summed E-state index contributed by atoms with van der Waals surface area (Å²) in [7, 11) is 0. The van der Waals surface area contributed by atoms with Crippen molar-refractivity contribution in [2.45, 2.75) is 39.7 Å². The van der Waals surface area contributed by atoms with E-state index < -0.39 is 0 Å². The molecule has 0 fully saturated rings. The van der Waals surface area contributed by atoms with Crippen LogP contribution >= 0.6 is 0 Å². The lowest BCUT2D eigenvalue weighted by atomic mass is 10.1. The van der Waals surface area contributed by atoms with Crippen molar-refractivity contribution in [3.63, 3.8) is 0 Å². The zero-order valence-corrected chi connectivity index (χ0v) is 11.9. The second-order valence-corrected chi connectivity index (χ2v) is 5.31. The zero-order chi connectivity index (χ0) is 14.1. The average Bonchev–Trinajstić information content (AvgIpc) is 3.03. The van der Waals surface area contributed by atoms with E-state index in [1.807, 2.05) is 18.7 Å². The second-order valence-electron chi connectivity index (χ2n) is 5.31. The van der Waals surface area contributed by atoms with Crippen molar-refractivity contribution in [3.8, 4) is 0 Å². The van der Waals surface area contributed by atoms with E-state index in [9.17, 15) is 4.79 Å². The fourth-order valence-electron chi connectivity index (χ4n) is 2.76. The van der Waals surface area contributed by atoms with Crippen LogP contribution in [0.15, 0.2) is 6.33 Å². The summed E-state index contributed by atoms with van der Waals surface area (Å²) in [5, 5.41) is 7.13. The van der Waals surface area contributed by atoms with Gasteiger partial charge in [0.05, 0.1) is 30.0 Å². The highest BCUT2D eigenvalue weighted by molar-refractivity contribution is 5.76. The Labute approximate surface area is 117 Å². The first-order valence-corrected chi connectivity index (χ1v) is 6.94. The third-order valence-corrected chi connectivity index (χ3v) is 4.00. The summed E-state index contributed by atoms with van der Waals surface area (Å²) in [5.74, 6) is 0.199. The number of aromatic nitrogens is 4. The van der Waals surface area contributed by atoms with E-state index in [2.05, 4.69) is 20.2 Å². The van der Waals surface area contributed by atoms with Crippen LogP contribution in [0.25, 0.3) is 0 Å². The molecule has 0 spiro atoms. The van der Waals surface area contributed by atoms with Gasteiger partial charge in [0.25, 0.3) is 0 Å². The largest absolute Gasteiger partial charge is 0.347 e. The normalized spacial score (nSPS) is 14.4. The highest BCUT2D eigenvalue weighted by atomic mass is 16.2. The van der Waals surface area contributed by atoms with Gasteiger partial charge in [0.1, 0.15) is 0 Å². The number of hydrogen-bond donors (Lipinski definition) is 2. The Kier molecular flexibility index (Phi) is 3.30. The van der Waals surface area contributed by atoms with Gasteiger partial charge in [0.15, 0.2) is 0 Å². The van der Waals surface area contributed by atoms with Gasteiger partial charge in [-0.2, -0.15) is 5.10 Å². The molecule has 6 heteroatoms. The summed E-state index contributed by atoms with van der Waals surface area (Å²) in [6.45, 7) is 5.39. The molecule has 0 atom stereocenters. The molecule has 0 radical (unpaired) electrons. The van der Waals surface area contributed by atoms with Gasteiger partial charge in [0.2, 0.25) is 5.91 Å². The van der Waals surface area contributed by atoms with Crippen LogP contribution in [-0.4, -0.2) is 37.5 Å². The van der Waals surface area contributed by atoms with Crippen molar-refractivity contribution in [2.24, 2.45) is 0 Å². The summed E-state index contributed by atoms with van der Waals surface area (Å²) in [5.41, 5.74) is 5.38. The van der Waals surface area contributed by atoms with Gasteiger partial charge in [-0.25, -0.2) is 4.98 Å². The minimum atomic E-state index is 0.199. The molecule has 20 heavy (non-hydrogen) atoms. The van der Waals surface area contributed by atoms with Crippen molar-refractivity contribution in [2.75, 3.05) is 6.54 Å². The van der Waals surface area contributed by atoms with Crippen LogP contribution in [0, 0.1) is 13.8 Å². The zero-order valence-electron chi connectivity index (χ0n) is 11.9. The Morgan fingerprint density at radius 1 is 1.45 bits per heavy atom. The van der Waals surface area contributed by atoms with E-state index in [1.54, 1.807) is 6.33 Å². The van der Waals surface area contributed by atoms with Crippen LogP contribution in [0.4, 0.5) is 0 Å². The van der Waals surface area contributed by atoms with Crippen molar-refractivity contribution >= 4 is 5.91 Å². The average molecular weight is 273 g/mol. The number of nitrogens with zero attached hydrogens (tertiary/aromatic N) is 3. The molecule has 0 saturated carbocycles. The molecular weight excluding hydrogens is 254 g/mol. The Hall–Kier alpha value is -2.11. The van der Waals surface area contributed by atoms with Gasteiger partial charge in [-0.3, -0.25) is 9.89 Å². The summed E-state index contributed by atoms with van der Waals surface area (Å²) in [4.78, 5) is 21.6. The van der Waals surface area contributed by atoms with Gasteiger partial charge < -0.3 is 9.88 Å². The number of nitrogens with one attached hydrogen (secondary N) is 2. The maximum absolute atomic E-state index is 12.3. The number of hydrogen-bond acceptors (Lipinski definition) is 3. The molecule has 3 heterocycles. The van der Waals surface area contributed by atoms with E-state index >= 15 is 0 Å². The van der Waals surface area contributed by atoms with Crippen LogP contribution in [0.3, 0.4) is 0 Å². The van der Waals surface area contributed by atoms with Crippen LogP contribution < -0.4 is 0 Å². The van der Waals surface area contributed by atoms with Gasteiger partial charge >= 0.3 is 0 Å². The lowest BCUT2D eigenvalue weighted by Gasteiger charge is -2.26. The number of aryl methyl sites for hydroxylation is 2. The number of aromatic amines is 2. The Morgan fingerprint density at radius 3 is 3.05 bits per heavy atom. The predicted molar refractivity (Wildman–Crippen MR) is 74.1 cm³/mol. The lowest BCUT2D eigenvalue weighted by molar-refractivity contribution is -0.132. The monoisotopic (exact) mass is 273 g/mol. The molecular formula is C14H19N5O. The molecule has 0 saturated heterocycles. The number of rotatable bonds is 3. The van der Waals surface area contributed by atoms with Crippen molar-refractivity contribution in [1.29, 1.82) is 0 Å². The summed E-state index contributed by atoms with van der Waals surface area (Å²) in [6.07, 6.45) is 3.83.